The Labute approximate surface area is 101 Å². The molecule has 0 aliphatic heterocycles. The number of nitrogens with zero attached hydrogens (tertiary/aromatic N) is 3. The van der Waals surface area contributed by atoms with Crippen molar-refractivity contribution in [2.75, 3.05) is 0 Å². The Balaban J connectivity index is 2.54. The summed E-state index contributed by atoms with van der Waals surface area (Å²) in [4.78, 5) is 16.3. The lowest BCUT2D eigenvalue weighted by molar-refractivity contribution is 0.0966. The quantitative estimate of drug-likeness (QED) is 0.763. The highest BCUT2D eigenvalue weighted by Gasteiger charge is 2.15. The summed E-state index contributed by atoms with van der Waals surface area (Å²) in [5, 5.41) is 4.10. The molecule has 0 amide bonds. The summed E-state index contributed by atoms with van der Waals surface area (Å²) in [5.74, 6) is 0.548. The van der Waals surface area contributed by atoms with Gasteiger partial charge in [0.25, 0.3) is 0 Å². The third-order valence-corrected chi connectivity index (χ3v) is 3.02. The molecule has 4 nitrogen and oxygen atoms in total. The van der Waals surface area contributed by atoms with Crippen molar-refractivity contribution in [3.63, 3.8) is 0 Å². The molecule has 0 aromatic carbocycles. The molecule has 0 aliphatic carbocycles. The van der Waals surface area contributed by atoms with Crippen molar-refractivity contribution < 1.29 is 4.79 Å². The SMILES string of the molecule is Cc1c(C(=O)CC(C)C)cn2ncnc2c1C. The molecule has 0 saturated carbocycles. The van der Waals surface area contributed by atoms with Gasteiger partial charge in [-0.2, -0.15) is 5.10 Å². The first-order chi connectivity index (χ1) is 8.00. The van der Waals surface area contributed by atoms with Crippen molar-refractivity contribution in [1.29, 1.82) is 0 Å². The van der Waals surface area contributed by atoms with Gasteiger partial charge >= 0.3 is 0 Å². The third-order valence-electron chi connectivity index (χ3n) is 3.02. The summed E-state index contributed by atoms with van der Waals surface area (Å²) in [7, 11) is 0. The van der Waals surface area contributed by atoms with E-state index in [0.717, 1.165) is 22.3 Å². The Hall–Kier alpha value is -1.71. The van der Waals surface area contributed by atoms with Crippen LogP contribution in [0.25, 0.3) is 5.65 Å². The summed E-state index contributed by atoms with van der Waals surface area (Å²) >= 11 is 0. The number of pyridine rings is 1. The lowest BCUT2D eigenvalue weighted by atomic mass is 9.97. The van der Waals surface area contributed by atoms with Gasteiger partial charge in [0.15, 0.2) is 11.4 Å². The summed E-state index contributed by atoms with van der Waals surface area (Å²) in [6.07, 6.45) is 3.87. The highest BCUT2D eigenvalue weighted by molar-refractivity contribution is 5.98. The van der Waals surface area contributed by atoms with Crippen LogP contribution in [0, 0.1) is 19.8 Å². The fourth-order valence-corrected chi connectivity index (χ4v) is 1.96. The molecule has 0 atom stereocenters. The van der Waals surface area contributed by atoms with E-state index in [9.17, 15) is 4.79 Å². The van der Waals surface area contributed by atoms with Gasteiger partial charge < -0.3 is 0 Å². The minimum atomic E-state index is 0.179. The minimum Gasteiger partial charge on any atom is -0.294 e. The number of hydrogen-bond acceptors (Lipinski definition) is 3. The van der Waals surface area contributed by atoms with E-state index in [1.54, 1.807) is 10.7 Å². The number of fused-ring (bicyclic) bond motifs is 1. The van der Waals surface area contributed by atoms with Crippen LogP contribution in [0.4, 0.5) is 0 Å². The second-order valence-corrected chi connectivity index (χ2v) is 4.84. The number of rotatable bonds is 3. The molecule has 17 heavy (non-hydrogen) atoms. The Morgan fingerprint density at radius 2 is 2.06 bits per heavy atom. The van der Waals surface area contributed by atoms with Gasteiger partial charge in [-0.15, -0.1) is 0 Å². The van der Waals surface area contributed by atoms with Gasteiger partial charge in [0.05, 0.1) is 0 Å². The number of ketones is 1. The summed E-state index contributed by atoms with van der Waals surface area (Å²) in [6.45, 7) is 8.05. The number of hydrogen-bond donors (Lipinski definition) is 0. The van der Waals surface area contributed by atoms with Crippen molar-refractivity contribution in [2.24, 2.45) is 5.92 Å². The van der Waals surface area contributed by atoms with E-state index in [4.69, 9.17) is 0 Å². The van der Waals surface area contributed by atoms with Gasteiger partial charge in [0.2, 0.25) is 0 Å². The Morgan fingerprint density at radius 1 is 1.35 bits per heavy atom. The monoisotopic (exact) mass is 231 g/mol. The van der Waals surface area contributed by atoms with Gasteiger partial charge in [-0.3, -0.25) is 4.79 Å². The lowest BCUT2D eigenvalue weighted by Gasteiger charge is -2.10. The van der Waals surface area contributed by atoms with Crippen LogP contribution in [0.3, 0.4) is 0 Å². The zero-order valence-electron chi connectivity index (χ0n) is 10.7. The normalized spacial score (nSPS) is 11.4. The van der Waals surface area contributed by atoms with Crippen molar-refractivity contribution >= 4 is 11.4 Å². The predicted octanol–water partition coefficient (Wildman–Crippen LogP) is 2.57. The maximum atomic E-state index is 12.1. The molecule has 0 radical (unpaired) electrons. The van der Waals surface area contributed by atoms with Gasteiger partial charge in [-0.25, -0.2) is 9.50 Å². The molecule has 2 rings (SSSR count). The molecule has 0 bridgehead atoms. The molecule has 0 fully saturated rings. The van der Waals surface area contributed by atoms with Crippen LogP contribution in [0.1, 0.15) is 41.8 Å². The lowest BCUT2D eigenvalue weighted by Crippen LogP contribution is -2.09. The zero-order valence-corrected chi connectivity index (χ0v) is 10.7. The molecule has 0 unspecified atom stereocenters. The van der Waals surface area contributed by atoms with Crippen LogP contribution in [0.15, 0.2) is 12.5 Å². The van der Waals surface area contributed by atoms with E-state index in [1.165, 1.54) is 6.33 Å². The van der Waals surface area contributed by atoms with Crippen LogP contribution in [-0.2, 0) is 0 Å². The molecule has 0 aliphatic rings. The van der Waals surface area contributed by atoms with E-state index in [2.05, 4.69) is 10.1 Å². The second-order valence-electron chi connectivity index (χ2n) is 4.84. The summed E-state index contributed by atoms with van der Waals surface area (Å²) in [5.41, 5.74) is 3.62. The standard InChI is InChI=1S/C13H17N3O/c1-8(2)5-12(17)11-6-16-13(14-7-15-16)10(4)9(11)3/h6-8H,5H2,1-4H3. The first-order valence-electron chi connectivity index (χ1n) is 5.83. The van der Waals surface area contributed by atoms with E-state index >= 15 is 0 Å². The number of aryl methyl sites for hydroxylation is 1. The van der Waals surface area contributed by atoms with Crippen LogP contribution < -0.4 is 0 Å². The average Bonchev–Trinajstić information content (AvgIpc) is 2.70. The molecular formula is C13H17N3O. The van der Waals surface area contributed by atoms with Gasteiger partial charge in [-0.1, -0.05) is 13.8 Å². The molecule has 0 spiro atoms. The number of carbonyl (C=O) groups is 1. The molecule has 2 heterocycles. The third kappa shape index (κ3) is 2.07. The number of Topliss-reactive ketones (excluding diaryl/α,β-unsaturated/α-hetero) is 1. The maximum absolute atomic E-state index is 12.1. The highest BCUT2D eigenvalue weighted by atomic mass is 16.1. The van der Waals surface area contributed by atoms with Gasteiger partial charge in [0.1, 0.15) is 6.33 Å². The van der Waals surface area contributed by atoms with Crippen molar-refractivity contribution in [1.82, 2.24) is 14.6 Å². The van der Waals surface area contributed by atoms with Gasteiger partial charge in [0, 0.05) is 18.2 Å². The Kier molecular flexibility index (Phi) is 2.96. The zero-order chi connectivity index (χ0) is 12.6. The number of carbonyl (C=O) groups excluding carboxylic acids is 1. The fraction of sp³-hybridized carbons (Fsp3) is 0.462. The molecular weight excluding hydrogens is 214 g/mol. The van der Waals surface area contributed by atoms with Crippen LogP contribution in [0.5, 0.6) is 0 Å². The van der Waals surface area contributed by atoms with E-state index < -0.39 is 0 Å². The Morgan fingerprint density at radius 3 is 2.71 bits per heavy atom. The predicted molar refractivity (Wildman–Crippen MR) is 66.2 cm³/mol. The van der Waals surface area contributed by atoms with E-state index in [-0.39, 0.29) is 5.78 Å². The fourth-order valence-electron chi connectivity index (χ4n) is 1.96. The number of aromatic nitrogens is 3. The molecule has 2 aromatic heterocycles. The minimum absolute atomic E-state index is 0.179. The summed E-state index contributed by atoms with van der Waals surface area (Å²) in [6, 6.07) is 0. The molecule has 2 aromatic rings. The molecule has 0 saturated heterocycles. The van der Waals surface area contributed by atoms with E-state index in [0.29, 0.717) is 12.3 Å². The molecule has 0 N–H and O–H groups in total. The van der Waals surface area contributed by atoms with Crippen molar-refractivity contribution in [3.8, 4) is 0 Å². The van der Waals surface area contributed by atoms with Crippen molar-refractivity contribution in [3.05, 3.63) is 29.2 Å². The topological polar surface area (TPSA) is 47.3 Å². The second kappa shape index (κ2) is 4.28. The first kappa shape index (κ1) is 11.8. The largest absolute Gasteiger partial charge is 0.294 e. The molecule has 90 valence electrons. The van der Waals surface area contributed by atoms with Crippen molar-refractivity contribution in [2.45, 2.75) is 34.1 Å². The summed E-state index contributed by atoms with van der Waals surface area (Å²) < 4.78 is 1.68. The van der Waals surface area contributed by atoms with Crippen LogP contribution in [0.2, 0.25) is 0 Å². The average molecular weight is 231 g/mol. The van der Waals surface area contributed by atoms with Crippen LogP contribution >= 0.6 is 0 Å². The molecule has 4 heteroatoms. The van der Waals surface area contributed by atoms with Crippen LogP contribution in [-0.4, -0.2) is 20.4 Å². The Bertz CT molecular complexity index is 569. The highest BCUT2D eigenvalue weighted by Crippen LogP contribution is 2.19. The smallest absolute Gasteiger partial charge is 0.164 e. The van der Waals surface area contributed by atoms with E-state index in [1.807, 2.05) is 27.7 Å². The maximum Gasteiger partial charge on any atom is 0.164 e. The first-order valence-corrected chi connectivity index (χ1v) is 5.83. The van der Waals surface area contributed by atoms with Gasteiger partial charge in [-0.05, 0) is 30.9 Å².